The Kier molecular flexibility index (Phi) is 13.7. The normalized spacial score (nSPS) is 21.3. The minimum Gasteiger partial charge on any atom is -0.444 e. The highest BCUT2D eigenvalue weighted by molar-refractivity contribution is 8.28. The van der Waals surface area contributed by atoms with E-state index in [1.165, 1.54) is 23.1 Å². The maximum atomic E-state index is 13.8. The molecule has 0 aromatic carbocycles. The molecule has 0 aromatic heterocycles. The smallest absolute Gasteiger partial charge is 0.412 e. The highest BCUT2D eigenvalue weighted by Crippen LogP contribution is 2.53. The molecule has 1 saturated carbocycles. The van der Waals surface area contributed by atoms with Crippen molar-refractivity contribution >= 4 is 57.4 Å². The van der Waals surface area contributed by atoms with Gasteiger partial charge in [-0.05, 0) is 95.9 Å². The van der Waals surface area contributed by atoms with Crippen molar-refractivity contribution in [2.24, 2.45) is 4.99 Å². The average Bonchev–Trinajstić information content (AvgIpc) is 3.41. The zero-order valence-corrected chi connectivity index (χ0v) is 28.2. The largest absolute Gasteiger partial charge is 0.444 e. The second-order valence-corrected chi connectivity index (χ2v) is 16.3. The first kappa shape index (κ1) is 35.9. The molecule has 0 spiro atoms. The molecular formula is C29H51N5O6S2. The van der Waals surface area contributed by atoms with Crippen LogP contribution in [0.5, 0.6) is 0 Å². The van der Waals surface area contributed by atoms with Gasteiger partial charge in [-0.1, -0.05) is 13.8 Å². The lowest BCUT2D eigenvalue weighted by Gasteiger charge is -2.40. The Labute approximate surface area is 258 Å². The summed E-state index contributed by atoms with van der Waals surface area (Å²) in [6.07, 6.45) is 6.94. The van der Waals surface area contributed by atoms with E-state index in [9.17, 15) is 19.2 Å². The number of rotatable bonds is 10. The number of nitrogens with one attached hydrogen (secondary N) is 3. The van der Waals surface area contributed by atoms with Gasteiger partial charge in [-0.3, -0.25) is 25.3 Å². The van der Waals surface area contributed by atoms with Crippen LogP contribution in [0.15, 0.2) is 4.99 Å². The van der Waals surface area contributed by atoms with E-state index in [0.29, 0.717) is 12.8 Å². The first-order valence-corrected chi connectivity index (χ1v) is 17.3. The molecule has 42 heavy (non-hydrogen) atoms. The van der Waals surface area contributed by atoms with Gasteiger partial charge in [-0.25, -0.2) is 14.6 Å². The van der Waals surface area contributed by atoms with E-state index in [1.807, 2.05) is 13.8 Å². The molecule has 2 atom stereocenters. The third-order valence-corrected chi connectivity index (χ3v) is 11.8. The molecule has 1 aliphatic carbocycles. The molecule has 2 rings (SSSR count). The number of hydrazine groups is 1. The van der Waals surface area contributed by atoms with Crippen molar-refractivity contribution in [1.82, 2.24) is 21.1 Å². The third-order valence-electron chi connectivity index (χ3n) is 6.81. The molecule has 11 nitrogen and oxygen atoms in total. The number of hydrogen-bond donors (Lipinski definition) is 3. The monoisotopic (exact) mass is 629 g/mol. The van der Waals surface area contributed by atoms with E-state index in [4.69, 9.17) is 14.5 Å². The summed E-state index contributed by atoms with van der Waals surface area (Å²) < 4.78 is 10.0. The highest BCUT2D eigenvalue weighted by atomic mass is 32.2. The Morgan fingerprint density at radius 3 is 2.26 bits per heavy atom. The maximum Gasteiger partial charge on any atom is 0.412 e. The van der Waals surface area contributed by atoms with Gasteiger partial charge >= 0.3 is 12.2 Å². The van der Waals surface area contributed by atoms with Crippen molar-refractivity contribution in [2.75, 3.05) is 18.1 Å². The first-order valence-electron chi connectivity index (χ1n) is 14.9. The molecule has 4 amide bonds. The number of thioether (sulfide) groups is 1. The van der Waals surface area contributed by atoms with Gasteiger partial charge in [0.25, 0.3) is 0 Å². The van der Waals surface area contributed by atoms with Crippen molar-refractivity contribution < 1.29 is 28.7 Å². The van der Waals surface area contributed by atoms with Crippen LogP contribution in [0.25, 0.3) is 0 Å². The molecule has 1 saturated heterocycles. The summed E-state index contributed by atoms with van der Waals surface area (Å²) in [5.41, 5.74) is 1.10. The van der Waals surface area contributed by atoms with Crippen LogP contribution in [0.4, 0.5) is 9.59 Å². The molecule has 3 N–H and O–H groups in total. The Bertz CT molecular complexity index is 1030. The van der Waals surface area contributed by atoms with E-state index in [1.54, 1.807) is 46.4 Å². The molecule has 2 unspecified atom stereocenters. The number of carbonyl (C=O) groups excluding carboxylic acids is 4. The predicted octanol–water partition coefficient (Wildman–Crippen LogP) is 5.31. The van der Waals surface area contributed by atoms with Crippen LogP contribution in [0.1, 0.15) is 107 Å². The zero-order valence-electron chi connectivity index (χ0n) is 26.6. The summed E-state index contributed by atoms with van der Waals surface area (Å²) in [6, 6.07) is -0.124. The molecule has 0 bridgehead atoms. The predicted molar refractivity (Wildman–Crippen MR) is 172 cm³/mol. The van der Waals surface area contributed by atoms with Gasteiger partial charge in [0.1, 0.15) is 11.2 Å². The van der Waals surface area contributed by atoms with Crippen molar-refractivity contribution in [3.63, 3.8) is 0 Å². The van der Waals surface area contributed by atoms with Crippen molar-refractivity contribution in [2.45, 2.75) is 128 Å². The van der Waals surface area contributed by atoms with Gasteiger partial charge in [0, 0.05) is 6.92 Å². The summed E-state index contributed by atoms with van der Waals surface area (Å²) >= 11 is 1.66. The van der Waals surface area contributed by atoms with Crippen LogP contribution >= 0.6 is 22.2 Å². The van der Waals surface area contributed by atoms with Gasteiger partial charge in [0.05, 0.1) is 25.3 Å². The fourth-order valence-electron chi connectivity index (χ4n) is 4.89. The minimum absolute atomic E-state index is 0.0531. The van der Waals surface area contributed by atoms with Gasteiger partial charge in [0.15, 0.2) is 4.20 Å². The van der Waals surface area contributed by atoms with Gasteiger partial charge in [-0.15, -0.1) is 22.2 Å². The summed E-state index contributed by atoms with van der Waals surface area (Å²) in [6.45, 7) is 14.1. The van der Waals surface area contributed by atoms with Crippen LogP contribution in [0, 0.1) is 0 Å². The van der Waals surface area contributed by atoms with Gasteiger partial charge < -0.3 is 14.8 Å². The number of hydrogen-bond acceptors (Lipinski definition) is 8. The van der Waals surface area contributed by atoms with Crippen molar-refractivity contribution in [3.8, 4) is 0 Å². The molecule has 1 heterocycles. The second kappa shape index (κ2) is 16.0. The summed E-state index contributed by atoms with van der Waals surface area (Å²) in [4.78, 5) is 57.0. The Hall–Kier alpha value is -2.28. The SMILES string of the molecule is CCC(CC)N(NC(C)=O)C(=O)CC1(N=CNC(=O)OC(C)(C)CNC(=O)OC(C)(C)C)SCCCS1=C1CCCC1. The van der Waals surface area contributed by atoms with Crippen LogP contribution in [-0.4, -0.2) is 79.7 Å². The van der Waals surface area contributed by atoms with Gasteiger partial charge in [0.2, 0.25) is 11.8 Å². The van der Waals surface area contributed by atoms with Crippen LogP contribution in [-0.2, 0) is 19.1 Å². The fourth-order valence-corrected chi connectivity index (χ4v) is 10.2. The molecule has 240 valence electrons. The molecular weight excluding hydrogens is 578 g/mol. The zero-order chi connectivity index (χ0) is 31.6. The molecule has 2 fully saturated rings. The van der Waals surface area contributed by atoms with E-state index in [-0.39, 0.29) is 41.3 Å². The topological polar surface area (TPSA) is 138 Å². The van der Waals surface area contributed by atoms with Crippen molar-refractivity contribution in [1.29, 1.82) is 0 Å². The van der Waals surface area contributed by atoms with E-state index in [2.05, 4.69) is 16.1 Å². The van der Waals surface area contributed by atoms with E-state index in [0.717, 1.165) is 43.6 Å². The number of alkyl carbamates (subject to hydrolysis) is 2. The summed E-state index contributed by atoms with van der Waals surface area (Å²) in [7, 11) is -0.266. The number of aliphatic imine (C=N–C) groups is 1. The van der Waals surface area contributed by atoms with Crippen LogP contribution < -0.4 is 16.1 Å². The van der Waals surface area contributed by atoms with E-state index < -0.39 is 27.6 Å². The van der Waals surface area contributed by atoms with Crippen LogP contribution in [0.2, 0.25) is 0 Å². The lowest BCUT2D eigenvalue weighted by atomic mass is 10.1. The van der Waals surface area contributed by atoms with Gasteiger partial charge in [-0.2, -0.15) is 0 Å². The fraction of sp³-hybridized carbons (Fsp3) is 0.793. The number of ether oxygens (including phenoxy) is 2. The Morgan fingerprint density at radius 2 is 1.69 bits per heavy atom. The molecule has 13 heteroatoms. The molecule has 1 aliphatic heterocycles. The lowest BCUT2D eigenvalue weighted by Crippen LogP contribution is -2.52. The number of nitrogens with zero attached hydrogens (tertiary/aromatic N) is 2. The third kappa shape index (κ3) is 11.4. The second-order valence-electron chi connectivity index (χ2n) is 12.2. The summed E-state index contributed by atoms with van der Waals surface area (Å²) in [5, 5.41) is 6.72. The quantitative estimate of drug-likeness (QED) is 0.129. The average molecular weight is 630 g/mol. The lowest BCUT2D eigenvalue weighted by molar-refractivity contribution is -0.144. The Balaban J connectivity index is 2.24. The maximum absolute atomic E-state index is 13.8. The number of carbonyl (C=O) groups is 4. The minimum atomic E-state index is -1.01. The Morgan fingerprint density at radius 1 is 1.05 bits per heavy atom. The molecule has 0 radical (unpaired) electrons. The first-order chi connectivity index (χ1) is 19.6. The van der Waals surface area contributed by atoms with Crippen LogP contribution in [0.3, 0.4) is 0 Å². The summed E-state index contributed by atoms with van der Waals surface area (Å²) in [5.74, 6) is 1.33. The standard InChI is InChI=1S/C29H51N5O6S2/c1-9-22(10-2)34(33-21(3)35)24(36)18-29(41-16-13-17-42(29)23-14-11-12-15-23)32-20-31-26(38)40-28(7,8)19-30-25(37)39-27(4,5)6/h20,22H,9-19H2,1-8H3,(H,30,37)(H,33,35)(H,31,32,38). The van der Waals surface area contributed by atoms with E-state index >= 15 is 0 Å². The highest BCUT2D eigenvalue weighted by Gasteiger charge is 2.42. The molecule has 0 aromatic rings. The molecule has 2 aliphatic rings. The number of amides is 4. The van der Waals surface area contributed by atoms with Crippen molar-refractivity contribution in [3.05, 3.63) is 0 Å².